The first-order valence-corrected chi connectivity index (χ1v) is 7.88. The van der Waals surface area contributed by atoms with Gasteiger partial charge in [-0.1, -0.05) is 0 Å². The molecule has 1 aliphatic heterocycles. The summed E-state index contributed by atoms with van der Waals surface area (Å²) in [6, 6.07) is 0. The minimum Gasteiger partial charge on any atom is -0.339 e. The van der Waals surface area contributed by atoms with Crippen molar-refractivity contribution in [2.45, 2.75) is 13.3 Å². The standard InChI is InChI=1S/C11H22N4O4S/c1-10(16)14-6-8-15(9-7-14)11(17)4-5-12-20(18,19)13(2)3/h12H,4-9H2,1-3H3. The molecule has 2 amide bonds. The van der Waals surface area contributed by atoms with Gasteiger partial charge in [-0.05, 0) is 0 Å². The van der Waals surface area contributed by atoms with Crippen molar-refractivity contribution in [1.29, 1.82) is 0 Å². The number of piperazine rings is 1. The van der Waals surface area contributed by atoms with Crippen LogP contribution in [0.5, 0.6) is 0 Å². The van der Waals surface area contributed by atoms with Gasteiger partial charge in [0.25, 0.3) is 10.2 Å². The minimum absolute atomic E-state index is 0.0100. The molecule has 0 aromatic rings. The molecule has 9 heteroatoms. The van der Waals surface area contributed by atoms with Gasteiger partial charge < -0.3 is 9.80 Å². The highest BCUT2D eigenvalue weighted by Crippen LogP contribution is 2.04. The normalized spacial score (nSPS) is 16.6. The van der Waals surface area contributed by atoms with E-state index in [-0.39, 0.29) is 24.8 Å². The van der Waals surface area contributed by atoms with E-state index in [9.17, 15) is 18.0 Å². The van der Waals surface area contributed by atoms with Crippen molar-refractivity contribution >= 4 is 22.0 Å². The molecule has 0 aromatic heterocycles. The second-order valence-corrected chi connectivity index (χ2v) is 6.79. The molecule has 0 aliphatic carbocycles. The molecule has 116 valence electrons. The molecule has 0 unspecified atom stereocenters. The van der Waals surface area contributed by atoms with E-state index in [1.165, 1.54) is 21.0 Å². The summed E-state index contributed by atoms with van der Waals surface area (Å²) in [6.45, 7) is 3.65. The Balaban J connectivity index is 2.33. The molecule has 0 bridgehead atoms. The molecule has 0 aromatic carbocycles. The monoisotopic (exact) mass is 306 g/mol. The molecule has 0 saturated carbocycles. The first-order chi connectivity index (χ1) is 9.24. The number of nitrogens with zero attached hydrogens (tertiary/aromatic N) is 3. The smallest absolute Gasteiger partial charge is 0.278 e. The topological polar surface area (TPSA) is 90.0 Å². The molecule has 20 heavy (non-hydrogen) atoms. The highest BCUT2D eigenvalue weighted by Gasteiger charge is 2.22. The van der Waals surface area contributed by atoms with Gasteiger partial charge in [0.2, 0.25) is 11.8 Å². The van der Waals surface area contributed by atoms with Crippen LogP contribution >= 0.6 is 0 Å². The second-order valence-electron chi connectivity index (χ2n) is 4.82. The molecule has 1 N–H and O–H groups in total. The largest absolute Gasteiger partial charge is 0.339 e. The number of hydrogen-bond acceptors (Lipinski definition) is 4. The van der Waals surface area contributed by atoms with Gasteiger partial charge in [-0.15, -0.1) is 0 Å². The summed E-state index contributed by atoms with van der Waals surface area (Å²) in [4.78, 5) is 26.4. The van der Waals surface area contributed by atoms with Crippen molar-refractivity contribution in [3.05, 3.63) is 0 Å². The highest BCUT2D eigenvalue weighted by molar-refractivity contribution is 7.87. The first kappa shape index (κ1) is 16.9. The van der Waals surface area contributed by atoms with Crippen LogP contribution in [0.3, 0.4) is 0 Å². The molecular formula is C11H22N4O4S. The van der Waals surface area contributed by atoms with Crippen LogP contribution in [0.4, 0.5) is 0 Å². The second kappa shape index (κ2) is 7.00. The van der Waals surface area contributed by atoms with Crippen molar-refractivity contribution < 1.29 is 18.0 Å². The van der Waals surface area contributed by atoms with Crippen molar-refractivity contribution in [3.63, 3.8) is 0 Å². The Morgan fingerprint density at radius 1 is 1.10 bits per heavy atom. The zero-order valence-corrected chi connectivity index (χ0v) is 12.9. The van der Waals surface area contributed by atoms with E-state index in [1.54, 1.807) is 9.80 Å². The molecule has 1 saturated heterocycles. The Bertz CT molecular complexity index is 455. The van der Waals surface area contributed by atoms with Gasteiger partial charge in [-0.3, -0.25) is 9.59 Å². The maximum Gasteiger partial charge on any atom is 0.278 e. The Kier molecular flexibility index (Phi) is 5.90. The zero-order valence-electron chi connectivity index (χ0n) is 12.1. The van der Waals surface area contributed by atoms with Crippen LogP contribution in [-0.2, 0) is 19.8 Å². The lowest BCUT2D eigenvalue weighted by Gasteiger charge is -2.34. The van der Waals surface area contributed by atoms with E-state index >= 15 is 0 Å². The average molecular weight is 306 g/mol. The Morgan fingerprint density at radius 2 is 1.60 bits per heavy atom. The number of carbonyl (C=O) groups is 2. The minimum atomic E-state index is -3.48. The summed E-state index contributed by atoms with van der Waals surface area (Å²) in [5, 5.41) is 0. The molecular weight excluding hydrogens is 284 g/mol. The predicted octanol–water partition coefficient (Wildman–Crippen LogP) is -1.54. The quantitative estimate of drug-likeness (QED) is 0.667. The van der Waals surface area contributed by atoms with Gasteiger partial charge in [-0.25, -0.2) is 4.72 Å². The summed E-state index contributed by atoms with van der Waals surface area (Å²) in [5.74, 6) is -0.0921. The average Bonchev–Trinajstić information content (AvgIpc) is 2.38. The van der Waals surface area contributed by atoms with Crippen LogP contribution in [0, 0.1) is 0 Å². The number of rotatable bonds is 5. The van der Waals surface area contributed by atoms with Gasteiger partial charge in [0, 0.05) is 60.2 Å². The zero-order chi connectivity index (χ0) is 15.3. The molecule has 0 atom stereocenters. The third-order valence-electron chi connectivity index (χ3n) is 3.18. The Morgan fingerprint density at radius 3 is 2.05 bits per heavy atom. The summed E-state index contributed by atoms with van der Waals surface area (Å²) >= 11 is 0. The van der Waals surface area contributed by atoms with E-state index in [4.69, 9.17) is 0 Å². The molecule has 8 nitrogen and oxygen atoms in total. The van der Waals surface area contributed by atoms with Gasteiger partial charge in [0.05, 0.1) is 0 Å². The van der Waals surface area contributed by atoms with Crippen LogP contribution in [0.1, 0.15) is 13.3 Å². The number of hydrogen-bond donors (Lipinski definition) is 1. The van der Waals surface area contributed by atoms with E-state index in [2.05, 4.69) is 4.72 Å². The molecule has 0 spiro atoms. The van der Waals surface area contributed by atoms with E-state index in [0.717, 1.165) is 4.31 Å². The van der Waals surface area contributed by atoms with Gasteiger partial charge in [0.15, 0.2) is 0 Å². The molecule has 1 heterocycles. The maximum atomic E-state index is 11.9. The van der Waals surface area contributed by atoms with E-state index < -0.39 is 10.2 Å². The Labute approximate surface area is 119 Å². The van der Waals surface area contributed by atoms with Crippen LogP contribution in [-0.4, -0.2) is 81.2 Å². The molecule has 1 aliphatic rings. The maximum absolute atomic E-state index is 11.9. The van der Waals surface area contributed by atoms with Crippen molar-refractivity contribution in [2.24, 2.45) is 0 Å². The van der Waals surface area contributed by atoms with Crippen molar-refractivity contribution in [3.8, 4) is 0 Å². The fourth-order valence-electron chi connectivity index (χ4n) is 1.84. The summed E-state index contributed by atoms with van der Waals surface area (Å²) in [5.41, 5.74) is 0. The van der Waals surface area contributed by atoms with E-state index in [1.807, 2.05) is 0 Å². The van der Waals surface area contributed by atoms with Crippen LogP contribution < -0.4 is 4.72 Å². The van der Waals surface area contributed by atoms with Gasteiger partial charge >= 0.3 is 0 Å². The first-order valence-electron chi connectivity index (χ1n) is 6.44. The predicted molar refractivity (Wildman–Crippen MR) is 74.1 cm³/mol. The number of amides is 2. The lowest BCUT2D eigenvalue weighted by molar-refractivity contribution is -0.138. The summed E-state index contributed by atoms with van der Waals surface area (Å²) < 4.78 is 26.3. The number of carbonyl (C=O) groups excluding carboxylic acids is 2. The fraction of sp³-hybridized carbons (Fsp3) is 0.818. The molecule has 1 rings (SSSR count). The fourth-order valence-corrected chi connectivity index (χ4v) is 2.46. The van der Waals surface area contributed by atoms with Crippen molar-refractivity contribution in [2.75, 3.05) is 46.8 Å². The van der Waals surface area contributed by atoms with Crippen LogP contribution in [0.25, 0.3) is 0 Å². The lowest BCUT2D eigenvalue weighted by Crippen LogP contribution is -2.50. The van der Waals surface area contributed by atoms with E-state index in [0.29, 0.717) is 26.2 Å². The van der Waals surface area contributed by atoms with Gasteiger partial charge in [0.1, 0.15) is 0 Å². The molecule has 1 fully saturated rings. The van der Waals surface area contributed by atoms with Gasteiger partial charge in [-0.2, -0.15) is 12.7 Å². The SMILES string of the molecule is CC(=O)N1CCN(C(=O)CCNS(=O)(=O)N(C)C)CC1. The lowest BCUT2D eigenvalue weighted by atomic mass is 10.3. The highest BCUT2D eigenvalue weighted by atomic mass is 32.2. The van der Waals surface area contributed by atoms with Crippen LogP contribution in [0.15, 0.2) is 0 Å². The Hall–Kier alpha value is -1.19. The third kappa shape index (κ3) is 4.73. The summed E-state index contributed by atoms with van der Waals surface area (Å²) in [7, 11) is -0.641. The number of nitrogens with one attached hydrogen (secondary N) is 1. The third-order valence-corrected chi connectivity index (χ3v) is 4.71. The molecule has 0 radical (unpaired) electrons. The van der Waals surface area contributed by atoms with Crippen molar-refractivity contribution in [1.82, 2.24) is 18.8 Å². The summed E-state index contributed by atoms with van der Waals surface area (Å²) in [6.07, 6.45) is 0.118. The van der Waals surface area contributed by atoms with Crippen LogP contribution in [0.2, 0.25) is 0 Å².